The summed E-state index contributed by atoms with van der Waals surface area (Å²) in [4.78, 5) is 11.1. The number of thiocarbonyl (C=S) groups is 1. The van der Waals surface area contributed by atoms with Gasteiger partial charge in [-0.05, 0) is 104 Å². The lowest BCUT2D eigenvalue weighted by molar-refractivity contribution is 0.482. The Kier molecular flexibility index (Phi) is 6.82. The van der Waals surface area contributed by atoms with Crippen molar-refractivity contribution in [3.05, 3.63) is 138 Å². The molecule has 3 aromatic heterocycles. The number of hydrogen-bond acceptors (Lipinski definition) is 4. The maximum atomic E-state index is 6.03. The maximum absolute atomic E-state index is 6.03. The van der Waals surface area contributed by atoms with E-state index >= 15 is 0 Å². The van der Waals surface area contributed by atoms with E-state index < -0.39 is 0 Å². The number of aryl methyl sites for hydroxylation is 1. The molecule has 1 fully saturated rings. The van der Waals surface area contributed by atoms with Crippen LogP contribution in [-0.4, -0.2) is 19.6 Å². The van der Waals surface area contributed by atoms with Crippen molar-refractivity contribution in [2.24, 2.45) is 0 Å². The topological polar surface area (TPSA) is 55.2 Å². The number of nitrogens with one attached hydrogen (secondary N) is 1. The molecular formula is C32H29N5OS. The van der Waals surface area contributed by atoms with Crippen LogP contribution in [0.2, 0.25) is 0 Å². The zero-order valence-corrected chi connectivity index (χ0v) is 22.7. The number of anilines is 1. The van der Waals surface area contributed by atoms with Crippen LogP contribution in [0.4, 0.5) is 5.69 Å². The number of nitrogens with zero attached hydrogens (tertiary/aromatic N) is 4. The van der Waals surface area contributed by atoms with Gasteiger partial charge in [0.2, 0.25) is 0 Å². The average Bonchev–Trinajstić information content (AvgIpc) is 3.46. The molecule has 1 aliphatic heterocycles. The van der Waals surface area contributed by atoms with Gasteiger partial charge in [0.05, 0.1) is 17.8 Å². The Hall–Kier alpha value is -4.49. The molecule has 0 amide bonds. The van der Waals surface area contributed by atoms with Gasteiger partial charge in [0.1, 0.15) is 11.5 Å². The fourth-order valence-electron chi connectivity index (χ4n) is 5.29. The summed E-state index contributed by atoms with van der Waals surface area (Å²) in [6.07, 6.45) is 5.52. The minimum absolute atomic E-state index is 0.0781. The second-order valence-electron chi connectivity index (χ2n) is 9.67. The zero-order chi connectivity index (χ0) is 26.8. The summed E-state index contributed by atoms with van der Waals surface area (Å²) in [5.74, 6) is 1.58. The van der Waals surface area contributed by atoms with E-state index in [1.165, 1.54) is 22.5 Å². The van der Waals surface area contributed by atoms with Crippen LogP contribution in [0.3, 0.4) is 0 Å². The molecule has 0 spiro atoms. The quantitative estimate of drug-likeness (QED) is 0.230. The Morgan fingerprint density at radius 2 is 1.56 bits per heavy atom. The van der Waals surface area contributed by atoms with Crippen LogP contribution in [0, 0.1) is 13.8 Å². The molecule has 1 aliphatic rings. The van der Waals surface area contributed by atoms with Crippen molar-refractivity contribution in [3.8, 4) is 11.5 Å². The number of ether oxygens (including phenoxy) is 1. The van der Waals surface area contributed by atoms with Crippen LogP contribution >= 0.6 is 12.2 Å². The molecule has 7 heteroatoms. The maximum Gasteiger partial charge on any atom is 0.174 e. The van der Waals surface area contributed by atoms with E-state index in [2.05, 4.69) is 70.0 Å². The SMILES string of the molecule is Cc1cc([C@H]2[C@@H](c3ccccn3)NC(=S)N2c2ccc(Oc3ccccc3)cc2)c(C)n1Cc1ccncc1. The first kappa shape index (κ1) is 24.8. The van der Waals surface area contributed by atoms with Crippen LogP contribution < -0.4 is 15.0 Å². The minimum Gasteiger partial charge on any atom is -0.457 e. The zero-order valence-electron chi connectivity index (χ0n) is 21.9. The van der Waals surface area contributed by atoms with E-state index in [-0.39, 0.29) is 12.1 Å². The van der Waals surface area contributed by atoms with Crippen molar-refractivity contribution >= 4 is 23.0 Å². The van der Waals surface area contributed by atoms with Crippen LogP contribution in [0.5, 0.6) is 11.5 Å². The van der Waals surface area contributed by atoms with Crippen molar-refractivity contribution in [1.82, 2.24) is 19.9 Å². The average molecular weight is 532 g/mol. The van der Waals surface area contributed by atoms with Gasteiger partial charge in [-0.2, -0.15) is 0 Å². The third-order valence-corrected chi connectivity index (χ3v) is 7.53. The second-order valence-corrected chi connectivity index (χ2v) is 10.1. The van der Waals surface area contributed by atoms with Gasteiger partial charge in [0.15, 0.2) is 5.11 Å². The Labute approximate surface area is 233 Å². The van der Waals surface area contributed by atoms with E-state index in [9.17, 15) is 0 Å². The molecule has 2 atom stereocenters. The highest BCUT2D eigenvalue weighted by Gasteiger charge is 2.42. The first-order valence-electron chi connectivity index (χ1n) is 13.0. The summed E-state index contributed by atoms with van der Waals surface area (Å²) in [6.45, 7) is 5.13. The lowest BCUT2D eigenvalue weighted by Crippen LogP contribution is -2.29. The van der Waals surface area contributed by atoms with Crippen molar-refractivity contribution < 1.29 is 4.74 Å². The summed E-state index contributed by atoms with van der Waals surface area (Å²) < 4.78 is 8.39. The Morgan fingerprint density at radius 3 is 2.28 bits per heavy atom. The van der Waals surface area contributed by atoms with Crippen LogP contribution in [0.25, 0.3) is 0 Å². The normalized spacial score (nSPS) is 16.8. The molecule has 0 unspecified atom stereocenters. The highest BCUT2D eigenvalue weighted by Crippen LogP contribution is 2.43. The van der Waals surface area contributed by atoms with E-state index in [0.29, 0.717) is 5.11 Å². The van der Waals surface area contributed by atoms with Crippen molar-refractivity contribution in [2.75, 3.05) is 4.90 Å². The summed E-state index contributed by atoms with van der Waals surface area (Å²) >= 11 is 5.94. The van der Waals surface area contributed by atoms with Gasteiger partial charge in [0, 0.05) is 42.2 Å². The number of pyridine rings is 2. The predicted molar refractivity (Wildman–Crippen MR) is 158 cm³/mol. The molecule has 0 radical (unpaired) electrons. The second kappa shape index (κ2) is 10.7. The van der Waals surface area contributed by atoms with Gasteiger partial charge in [-0.25, -0.2) is 0 Å². The number of aromatic nitrogens is 3. The molecular weight excluding hydrogens is 502 g/mol. The van der Waals surface area contributed by atoms with Gasteiger partial charge in [-0.1, -0.05) is 24.3 Å². The van der Waals surface area contributed by atoms with Gasteiger partial charge in [0.25, 0.3) is 0 Å². The fourth-order valence-corrected chi connectivity index (χ4v) is 5.64. The predicted octanol–water partition coefficient (Wildman–Crippen LogP) is 6.91. The molecule has 6 rings (SSSR count). The van der Waals surface area contributed by atoms with Gasteiger partial charge < -0.3 is 19.5 Å². The minimum atomic E-state index is -0.103. The third kappa shape index (κ3) is 5.01. The summed E-state index contributed by atoms with van der Waals surface area (Å²) in [5.41, 5.74) is 6.78. The Bertz CT molecular complexity index is 1570. The molecule has 39 heavy (non-hydrogen) atoms. The summed E-state index contributed by atoms with van der Waals surface area (Å²) in [6, 6.07) is 30.2. The number of hydrogen-bond donors (Lipinski definition) is 1. The summed E-state index contributed by atoms with van der Waals surface area (Å²) in [7, 11) is 0. The van der Waals surface area contributed by atoms with Crippen LogP contribution in [0.1, 0.15) is 40.3 Å². The highest BCUT2D eigenvalue weighted by atomic mass is 32.1. The Balaban J connectivity index is 1.38. The third-order valence-electron chi connectivity index (χ3n) is 7.21. The smallest absolute Gasteiger partial charge is 0.174 e. The largest absolute Gasteiger partial charge is 0.457 e. The van der Waals surface area contributed by atoms with Gasteiger partial charge >= 0.3 is 0 Å². The molecule has 194 valence electrons. The van der Waals surface area contributed by atoms with E-state index in [1.54, 1.807) is 0 Å². The number of benzene rings is 2. The summed E-state index contributed by atoms with van der Waals surface area (Å²) in [5, 5.41) is 4.25. The number of rotatable bonds is 7. The van der Waals surface area contributed by atoms with Gasteiger partial charge in [-0.3, -0.25) is 9.97 Å². The van der Waals surface area contributed by atoms with Crippen LogP contribution in [0.15, 0.2) is 110 Å². The van der Waals surface area contributed by atoms with E-state index in [4.69, 9.17) is 21.9 Å². The molecule has 6 nitrogen and oxygen atoms in total. The Morgan fingerprint density at radius 1 is 0.846 bits per heavy atom. The standard InChI is InChI=1S/C32H29N5OS/c1-22-20-28(23(2)36(22)21-24-15-18-33-19-16-24)31-30(29-10-6-7-17-34-29)35-32(39)37(31)25-11-13-27(14-12-25)38-26-8-4-3-5-9-26/h3-20,30-31H,21H2,1-2H3,(H,35,39)/t30-,31+/m1/s1. The highest BCUT2D eigenvalue weighted by molar-refractivity contribution is 7.80. The number of para-hydroxylation sites is 1. The molecule has 0 bridgehead atoms. The van der Waals surface area contributed by atoms with Crippen LogP contribution in [-0.2, 0) is 6.54 Å². The molecule has 2 aromatic carbocycles. The molecule has 4 heterocycles. The fraction of sp³-hybridized carbons (Fsp3) is 0.156. The van der Waals surface area contributed by atoms with E-state index in [1.807, 2.05) is 73.2 Å². The molecule has 1 saturated heterocycles. The molecule has 0 saturated carbocycles. The van der Waals surface area contributed by atoms with Gasteiger partial charge in [-0.15, -0.1) is 0 Å². The molecule has 5 aromatic rings. The monoisotopic (exact) mass is 531 g/mol. The molecule has 0 aliphatic carbocycles. The van der Waals surface area contributed by atoms with Crippen molar-refractivity contribution in [1.29, 1.82) is 0 Å². The lowest BCUT2D eigenvalue weighted by Gasteiger charge is -2.28. The van der Waals surface area contributed by atoms with Crippen molar-refractivity contribution in [2.45, 2.75) is 32.5 Å². The van der Waals surface area contributed by atoms with E-state index in [0.717, 1.165) is 29.4 Å². The first-order valence-corrected chi connectivity index (χ1v) is 13.4. The van der Waals surface area contributed by atoms with Crippen molar-refractivity contribution in [3.63, 3.8) is 0 Å². The lowest BCUT2D eigenvalue weighted by atomic mass is 9.96. The first-order chi connectivity index (χ1) is 19.1. The molecule has 1 N–H and O–H groups in total.